The lowest BCUT2D eigenvalue weighted by Crippen LogP contribution is -2.29. The molecule has 5 nitrogen and oxygen atoms in total. The second kappa shape index (κ2) is 6.38. The number of H-pyrrole nitrogens is 1. The summed E-state index contributed by atoms with van der Waals surface area (Å²) in [5.41, 5.74) is 2.23. The predicted octanol–water partition coefficient (Wildman–Crippen LogP) is 3.83. The Hall–Kier alpha value is -3.27. The van der Waals surface area contributed by atoms with Crippen LogP contribution in [-0.4, -0.2) is 21.5 Å². The molecule has 1 saturated carbocycles. The quantitative estimate of drug-likeness (QED) is 0.640. The van der Waals surface area contributed by atoms with Crippen LogP contribution < -0.4 is 10.6 Å². The maximum atomic E-state index is 14.7. The van der Waals surface area contributed by atoms with Gasteiger partial charge in [0.05, 0.1) is 22.8 Å². The van der Waals surface area contributed by atoms with Gasteiger partial charge in [-0.3, -0.25) is 4.98 Å². The lowest BCUT2D eigenvalue weighted by molar-refractivity contribution is 0.516. The molecule has 29 heavy (non-hydrogen) atoms. The number of aromatic nitrogens is 3. The molecule has 3 aromatic rings. The summed E-state index contributed by atoms with van der Waals surface area (Å²) < 4.78 is 28.6. The molecule has 1 aromatic carbocycles. The third-order valence-corrected chi connectivity index (χ3v) is 5.66. The van der Waals surface area contributed by atoms with Gasteiger partial charge in [0.25, 0.3) is 0 Å². The van der Waals surface area contributed by atoms with Crippen molar-refractivity contribution in [3.63, 3.8) is 0 Å². The number of hydrogen-bond donors (Lipinski definition) is 1. The van der Waals surface area contributed by atoms with Crippen LogP contribution in [0.1, 0.15) is 37.3 Å². The molecule has 1 aliphatic heterocycles. The summed E-state index contributed by atoms with van der Waals surface area (Å²) >= 11 is 0. The van der Waals surface area contributed by atoms with Crippen molar-refractivity contribution in [3.05, 3.63) is 57.8 Å². The fraction of sp³-hybridized carbons (Fsp3) is 0.318. The van der Waals surface area contributed by atoms with Crippen LogP contribution in [-0.2, 0) is 6.42 Å². The minimum Gasteiger partial charge on any atom is -0.324 e. The minimum atomic E-state index is -1.03. The molecule has 0 saturated heterocycles. The Kier molecular flexibility index (Phi) is 3.91. The van der Waals surface area contributed by atoms with Crippen molar-refractivity contribution in [2.75, 3.05) is 11.4 Å². The van der Waals surface area contributed by atoms with E-state index in [0.717, 1.165) is 48.6 Å². The lowest BCUT2D eigenvalue weighted by atomic mass is 9.97. The van der Waals surface area contributed by atoms with Crippen molar-refractivity contribution < 1.29 is 8.78 Å². The normalized spacial score (nSPS) is 16.9. The summed E-state index contributed by atoms with van der Waals surface area (Å²) in [7, 11) is 0. The SMILES string of the molecule is CC1(C#Cc2cncc3c2CCCN3c2nc(=O)[nH]c3ccc(F)c(F)c23)CC1. The molecule has 0 bridgehead atoms. The zero-order chi connectivity index (χ0) is 20.2. The van der Waals surface area contributed by atoms with Gasteiger partial charge in [0, 0.05) is 23.7 Å². The molecule has 146 valence electrons. The largest absolute Gasteiger partial charge is 0.347 e. The van der Waals surface area contributed by atoms with Crippen molar-refractivity contribution in [1.82, 2.24) is 15.0 Å². The molecule has 0 amide bonds. The Balaban J connectivity index is 1.70. The van der Waals surface area contributed by atoms with E-state index in [1.54, 1.807) is 17.3 Å². The van der Waals surface area contributed by atoms with Crippen LogP contribution in [0.5, 0.6) is 0 Å². The fourth-order valence-corrected chi connectivity index (χ4v) is 3.73. The molecule has 0 atom stereocenters. The van der Waals surface area contributed by atoms with Crippen LogP contribution >= 0.6 is 0 Å². The van der Waals surface area contributed by atoms with Gasteiger partial charge in [0.2, 0.25) is 0 Å². The van der Waals surface area contributed by atoms with Gasteiger partial charge >= 0.3 is 5.69 Å². The van der Waals surface area contributed by atoms with Gasteiger partial charge in [0.15, 0.2) is 17.5 Å². The van der Waals surface area contributed by atoms with Gasteiger partial charge < -0.3 is 9.88 Å². The zero-order valence-corrected chi connectivity index (χ0v) is 15.9. The highest BCUT2D eigenvalue weighted by Gasteiger charge is 2.35. The average molecular weight is 392 g/mol. The molecular formula is C22H18F2N4O. The second-order valence-electron chi connectivity index (χ2n) is 7.90. The number of halogens is 2. The Morgan fingerprint density at radius 1 is 1.24 bits per heavy atom. The molecule has 1 aliphatic carbocycles. The third-order valence-electron chi connectivity index (χ3n) is 5.66. The maximum absolute atomic E-state index is 14.7. The minimum absolute atomic E-state index is 0.0422. The van der Waals surface area contributed by atoms with E-state index in [9.17, 15) is 13.6 Å². The van der Waals surface area contributed by atoms with E-state index in [2.05, 4.69) is 33.7 Å². The van der Waals surface area contributed by atoms with Crippen molar-refractivity contribution in [1.29, 1.82) is 0 Å². The number of pyridine rings is 1. The first kappa shape index (κ1) is 17.8. The highest BCUT2D eigenvalue weighted by atomic mass is 19.2. The monoisotopic (exact) mass is 392 g/mol. The van der Waals surface area contributed by atoms with Gasteiger partial charge in [-0.15, -0.1) is 0 Å². The molecule has 7 heteroatoms. The first-order valence-corrected chi connectivity index (χ1v) is 9.61. The number of nitrogens with one attached hydrogen (secondary N) is 1. The lowest BCUT2D eigenvalue weighted by Gasteiger charge is -2.31. The van der Waals surface area contributed by atoms with Crippen LogP contribution in [0, 0.1) is 28.9 Å². The number of anilines is 2. The molecule has 5 rings (SSSR count). The van der Waals surface area contributed by atoms with Gasteiger partial charge in [-0.05, 0) is 50.3 Å². The summed E-state index contributed by atoms with van der Waals surface area (Å²) in [6.45, 7) is 2.66. The Morgan fingerprint density at radius 2 is 2.07 bits per heavy atom. The fourth-order valence-electron chi connectivity index (χ4n) is 3.73. The number of hydrogen-bond acceptors (Lipinski definition) is 4. The van der Waals surface area contributed by atoms with Crippen molar-refractivity contribution in [3.8, 4) is 11.8 Å². The third kappa shape index (κ3) is 3.05. The summed E-state index contributed by atoms with van der Waals surface area (Å²) in [6.07, 6.45) is 7.18. The van der Waals surface area contributed by atoms with E-state index in [0.29, 0.717) is 6.54 Å². The molecule has 1 N–H and O–H groups in total. The summed E-state index contributed by atoms with van der Waals surface area (Å²) in [6, 6.07) is 2.34. The van der Waals surface area contributed by atoms with Gasteiger partial charge in [-0.2, -0.15) is 4.98 Å². The molecule has 2 aliphatic rings. The van der Waals surface area contributed by atoms with Crippen LogP contribution in [0.2, 0.25) is 0 Å². The first-order chi connectivity index (χ1) is 14.0. The number of nitrogens with zero attached hydrogens (tertiary/aromatic N) is 3. The number of rotatable bonds is 1. The smallest absolute Gasteiger partial charge is 0.324 e. The van der Waals surface area contributed by atoms with E-state index in [1.165, 1.54) is 6.07 Å². The maximum Gasteiger partial charge on any atom is 0.347 e. The van der Waals surface area contributed by atoms with Crippen molar-refractivity contribution in [2.24, 2.45) is 5.41 Å². The van der Waals surface area contributed by atoms with E-state index < -0.39 is 17.3 Å². The van der Waals surface area contributed by atoms with Crippen molar-refractivity contribution in [2.45, 2.75) is 32.6 Å². The molecule has 1 fully saturated rings. The van der Waals surface area contributed by atoms with Gasteiger partial charge in [-0.1, -0.05) is 11.8 Å². The van der Waals surface area contributed by atoms with Crippen LogP contribution in [0.15, 0.2) is 29.3 Å². The van der Waals surface area contributed by atoms with Gasteiger partial charge in [-0.25, -0.2) is 13.6 Å². The van der Waals surface area contributed by atoms with Gasteiger partial charge in [0.1, 0.15) is 0 Å². The molecule has 0 unspecified atom stereocenters. The molecule has 0 spiro atoms. The van der Waals surface area contributed by atoms with E-state index >= 15 is 0 Å². The second-order valence-corrected chi connectivity index (χ2v) is 7.90. The van der Waals surface area contributed by atoms with E-state index in [4.69, 9.17) is 0 Å². The van der Waals surface area contributed by atoms with E-state index in [-0.39, 0.29) is 22.1 Å². The molecule has 3 heterocycles. The highest BCUT2D eigenvalue weighted by molar-refractivity contribution is 5.92. The molecular weight excluding hydrogens is 374 g/mol. The summed E-state index contributed by atoms with van der Waals surface area (Å²) in [5.74, 6) is 4.66. The first-order valence-electron chi connectivity index (χ1n) is 9.61. The Bertz CT molecular complexity index is 1270. The molecule has 0 radical (unpaired) electrons. The standard InChI is InChI=1S/C22H18F2N4O/c1-22(8-9-22)7-6-13-11-25-12-17-14(13)3-2-10-28(17)20-18-16(26-21(29)27-20)5-4-15(23)19(18)24/h4-5,11-12H,2-3,8-10H2,1H3,(H,26,27,29). The summed E-state index contributed by atoms with van der Waals surface area (Å²) in [4.78, 5) is 24.6. The number of aromatic amines is 1. The van der Waals surface area contributed by atoms with Crippen LogP contribution in [0.25, 0.3) is 10.9 Å². The molecule has 2 aromatic heterocycles. The average Bonchev–Trinajstić information content (AvgIpc) is 3.45. The Morgan fingerprint density at radius 3 is 2.86 bits per heavy atom. The highest BCUT2D eigenvalue weighted by Crippen LogP contribution is 2.44. The Labute approximate surface area is 165 Å². The predicted molar refractivity (Wildman–Crippen MR) is 106 cm³/mol. The van der Waals surface area contributed by atoms with Crippen molar-refractivity contribution >= 4 is 22.4 Å². The van der Waals surface area contributed by atoms with Crippen LogP contribution in [0.3, 0.4) is 0 Å². The topological polar surface area (TPSA) is 61.9 Å². The van der Waals surface area contributed by atoms with Crippen LogP contribution in [0.4, 0.5) is 20.3 Å². The van der Waals surface area contributed by atoms with E-state index in [1.807, 2.05) is 0 Å². The number of benzene rings is 1. The number of fused-ring (bicyclic) bond motifs is 2. The summed E-state index contributed by atoms with van der Waals surface area (Å²) in [5, 5.41) is -0.0422. The zero-order valence-electron chi connectivity index (χ0n) is 15.9.